The second-order valence-corrected chi connectivity index (χ2v) is 7.90. The summed E-state index contributed by atoms with van der Waals surface area (Å²) in [7, 11) is 0. The van der Waals surface area contributed by atoms with Crippen molar-refractivity contribution in [2.24, 2.45) is 0 Å². The van der Waals surface area contributed by atoms with Gasteiger partial charge in [-0.15, -0.1) is 0 Å². The Hall–Kier alpha value is -4.32. The lowest BCUT2D eigenvalue weighted by atomic mass is 10.2. The number of esters is 2. The first kappa shape index (κ1) is 26.3. The van der Waals surface area contributed by atoms with Crippen molar-refractivity contribution >= 4 is 11.9 Å². The molecule has 6 heteroatoms. The second kappa shape index (κ2) is 13.0. The molecule has 0 aliphatic heterocycles. The molecule has 3 aromatic carbocycles. The van der Waals surface area contributed by atoms with Crippen molar-refractivity contribution in [2.75, 3.05) is 0 Å². The molecular weight excluding hydrogens is 456 g/mol. The Labute approximate surface area is 211 Å². The number of rotatable bonds is 12. The highest BCUT2D eigenvalue weighted by molar-refractivity contribution is 5.92. The molecular formula is C30H30O6. The molecule has 36 heavy (non-hydrogen) atoms. The summed E-state index contributed by atoms with van der Waals surface area (Å²) in [5.41, 5.74) is 0.769. The molecule has 3 rings (SSSR count). The molecule has 0 heterocycles. The zero-order valence-corrected chi connectivity index (χ0v) is 20.5. The van der Waals surface area contributed by atoms with Gasteiger partial charge in [0.05, 0.1) is 11.1 Å². The average molecular weight is 487 g/mol. The van der Waals surface area contributed by atoms with Gasteiger partial charge in [0.25, 0.3) is 0 Å². The summed E-state index contributed by atoms with van der Waals surface area (Å²) in [6.45, 7) is 11.5. The van der Waals surface area contributed by atoms with Crippen LogP contribution in [0.4, 0.5) is 0 Å². The molecule has 2 unspecified atom stereocenters. The van der Waals surface area contributed by atoms with E-state index < -0.39 is 11.9 Å². The predicted molar refractivity (Wildman–Crippen MR) is 139 cm³/mol. The molecule has 0 aliphatic rings. The molecule has 0 saturated heterocycles. The molecule has 0 amide bonds. The SMILES string of the molecule is C=CC(CC)Oc1ccc(C(=O)Oc2ccc(OC(=O)c3ccc(OC(C=C)CC)cc3)cc2)cc1. The number of ether oxygens (including phenoxy) is 4. The maximum absolute atomic E-state index is 12.5. The molecule has 0 aliphatic carbocycles. The number of hydrogen-bond donors (Lipinski definition) is 0. The van der Waals surface area contributed by atoms with Gasteiger partial charge in [0.2, 0.25) is 0 Å². The Kier molecular flexibility index (Phi) is 9.46. The topological polar surface area (TPSA) is 71.1 Å². The molecule has 0 saturated carbocycles. The minimum absolute atomic E-state index is 0.0836. The highest BCUT2D eigenvalue weighted by Gasteiger charge is 2.12. The summed E-state index contributed by atoms with van der Waals surface area (Å²) >= 11 is 0. The zero-order chi connectivity index (χ0) is 25.9. The maximum atomic E-state index is 12.5. The van der Waals surface area contributed by atoms with Crippen molar-refractivity contribution in [3.05, 3.63) is 109 Å². The van der Waals surface area contributed by atoms with E-state index >= 15 is 0 Å². The van der Waals surface area contributed by atoms with Gasteiger partial charge in [-0.3, -0.25) is 0 Å². The van der Waals surface area contributed by atoms with Crippen molar-refractivity contribution in [3.63, 3.8) is 0 Å². The van der Waals surface area contributed by atoms with Crippen LogP contribution >= 0.6 is 0 Å². The molecule has 0 fully saturated rings. The van der Waals surface area contributed by atoms with Gasteiger partial charge >= 0.3 is 11.9 Å². The molecule has 0 N–H and O–H groups in total. The minimum atomic E-state index is -0.508. The fourth-order valence-electron chi connectivity index (χ4n) is 3.19. The van der Waals surface area contributed by atoms with E-state index in [4.69, 9.17) is 18.9 Å². The van der Waals surface area contributed by atoms with E-state index in [0.29, 0.717) is 34.1 Å². The number of carbonyl (C=O) groups excluding carboxylic acids is 2. The molecule has 0 bridgehead atoms. The van der Waals surface area contributed by atoms with Crippen LogP contribution in [0, 0.1) is 0 Å². The minimum Gasteiger partial charge on any atom is -0.486 e. The molecule has 0 radical (unpaired) electrons. The summed E-state index contributed by atoms with van der Waals surface area (Å²) in [5.74, 6) is 0.929. The van der Waals surface area contributed by atoms with Gasteiger partial charge in [0, 0.05) is 0 Å². The summed E-state index contributed by atoms with van der Waals surface area (Å²) in [6, 6.07) is 19.7. The van der Waals surface area contributed by atoms with E-state index in [1.54, 1.807) is 84.9 Å². The zero-order valence-electron chi connectivity index (χ0n) is 20.5. The van der Waals surface area contributed by atoms with Crippen LogP contribution in [0.25, 0.3) is 0 Å². The van der Waals surface area contributed by atoms with Crippen molar-refractivity contribution < 1.29 is 28.5 Å². The van der Waals surface area contributed by atoms with Crippen molar-refractivity contribution in [1.82, 2.24) is 0 Å². The number of carbonyl (C=O) groups is 2. The van der Waals surface area contributed by atoms with Crippen LogP contribution in [0.3, 0.4) is 0 Å². The van der Waals surface area contributed by atoms with E-state index in [1.165, 1.54) is 0 Å². The fourth-order valence-corrected chi connectivity index (χ4v) is 3.19. The average Bonchev–Trinajstić information content (AvgIpc) is 2.92. The lowest BCUT2D eigenvalue weighted by molar-refractivity contribution is 0.0719. The third-order valence-corrected chi connectivity index (χ3v) is 5.33. The summed E-state index contributed by atoms with van der Waals surface area (Å²) in [6.07, 6.45) is 4.91. The molecule has 2 atom stereocenters. The third kappa shape index (κ3) is 7.34. The van der Waals surface area contributed by atoms with Crippen molar-refractivity contribution in [1.29, 1.82) is 0 Å². The van der Waals surface area contributed by atoms with Crippen LogP contribution in [0.5, 0.6) is 23.0 Å². The molecule has 3 aromatic rings. The number of hydrogen-bond acceptors (Lipinski definition) is 6. The first-order valence-corrected chi connectivity index (χ1v) is 11.8. The van der Waals surface area contributed by atoms with Crippen LogP contribution in [-0.2, 0) is 0 Å². The second-order valence-electron chi connectivity index (χ2n) is 7.90. The van der Waals surface area contributed by atoms with Gasteiger partial charge < -0.3 is 18.9 Å². The largest absolute Gasteiger partial charge is 0.486 e. The monoisotopic (exact) mass is 486 g/mol. The lowest BCUT2D eigenvalue weighted by Crippen LogP contribution is -2.12. The van der Waals surface area contributed by atoms with Crippen molar-refractivity contribution in [2.45, 2.75) is 38.9 Å². The Morgan fingerprint density at radius 3 is 1.19 bits per heavy atom. The van der Waals surface area contributed by atoms with Gasteiger partial charge in [-0.1, -0.05) is 39.2 Å². The predicted octanol–water partition coefficient (Wildman–Crippen LogP) is 6.81. The van der Waals surface area contributed by atoms with Crippen LogP contribution in [0.2, 0.25) is 0 Å². The van der Waals surface area contributed by atoms with Gasteiger partial charge in [-0.25, -0.2) is 9.59 Å². The Morgan fingerprint density at radius 1 is 0.611 bits per heavy atom. The number of benzene rings is 3. The summed E-state index contributed by atoms with van der Waals surface area (Å²) < 4.78 is 22.3. The van der Waals surface area contributed by atoms with Gasteiger partial charge in [0.15, 0.2) is 0 Å². The molecule has 6 nitrogen and oxygen atoms in total. The first-order chi connectivity index (χ1) is 17.4. The van der Waals surface area contributed by atoms with Crippen molar-refractivity contribution in [3.8, 4) is 23.0 Å². The van der Waals surface area contributed by atoms with Crippen LogP contribution in [0.1, 0.15) is 47.4 Å². The smallest absolute Gasteiger partial charge is 0.343 e. The van der Waals surface area contributed by atoms with Gasteiger partial charge in [0.1, 0.15) is 35.2 Å². The summed E-state index contributed by atoms with van der Waals surface area (Å²) in [4.78, 5) is 24.9. The van der Waals surface area contributed by atoms with Crippen LogP contribution in [0.15, 0.2) is 98.1 Å². The van der Waals surface area contributed by atoms with E-state index in [0.717, 1.165) is 12.8 Å². The fraction of sp³-hybridized carbons (Fsp3) is 0.200. The van der Waals surface area contributed by atoms with E-state index in [2.05, 4.69) is 13.2 Å². The maximum Gasteiger partial charge on any atom is 0.343 e. The Morgan fingerprint density at radius 2 is 0.917 bits per heavy atom. The van der Waals surface area contributed by atoms with E-state index in [-0.39, 0.29) is 12.2 Å². The third-order valence-electron chi connectivity index (χ3n) is 5.33. The van der Waals surface area contributed by atoms with E-state index in [1.807, 2.05) is 13.8 Å². The highest BCUT2D eigenvalue weighted by atomic mass is 16.5. The Bertz CT molecular complexity index is 1070. The van der Waals surface area contributed by atoms with Crippen LogP contribution < -0.4 is 18.9 Å². The van der Waals surface area contributed by atoms with Gasteiger partial charge in [-0.05, 0) is 85.6 Å². The Balaban J connectivity index is 1.54. The molecule has 0 spiro atoms. The van der Waals surface area contributed by atoms with Crippen LogP contribution in [-0.4, -0.2) is 24.1 Å². The van der Waals surface area contributed by atoms with Gasteiger partial charge in [-0.2, -0.15) is 0 Å². The standard InChI is InChI=1S/C30H30O6/c1-5-23(6-2)33-25-13-9-21(10-14-25)29(31)35-27-17-19-28(20-18-27)36-30(32)22-11-15-26(16-12-22)34-24(7-3)8-4/h5,7,9-20,23-24H,1,3,6,8H2,2,4H3. The molecule has 0 aromatic heterocycles. The normalized spacial score (nSPS) is 12.1. The quantitative estimate of drug-likeness (QED) is 0.159. The first-order valence-electron chi connectivity index (χ1n) is 11.8. The highest BCUT2D eigenvalue weighted by Crippen LogP contribution is 2.22. The molecule has 186 valence electrons. The van der Waals surface area contributed by atoms with E-state index in [9.17, 15) is 9.59 Å². The summed E-state index contributed by atoms with van der Waals surface area (Å²) in [5, 5.41) is 0. The lowest BCUT2D eigenvalue weighted by Gasteiger charge is -2.13.